The third-order valence-electron chi connectivity index (χ3n) is 2.91. The van der Waals surface area contributed by atoms with Gasteiger partial charge in [-0.05, 0) is 17.5 Å². The molecule has 1 heterocycles. The summed E-state index contributed by atoms with van der Waals surface area (Å²) >= 11 is 7.27. The number of rotatable bonds is 6. The number of carbonyl (C=O) groups is 2. The number of hydrogen-bond donors (Lipinski definition) is 3. The number of halogens is 1. The Bertz CT molecular complexity index is 646. The van der Waals surface area contributed by atoms with Gasteiger partial charge in [0.1, 0.15) is 0 Å². The highest BCUT2D eigenvalue weighted by Gasteiger charge is 2.13. The molecule has 2 rings (SSSR count). The van der Waals surface area contributed by atoms with E-state index in [-0.39, 0.29) is 24.9 Å². The van der Waals surface area contributed by atoms with Crippen molar-refractivity contribution >= 4 is 34.8 Å². The van der Waals surface area contributed by atoms with E-state index in [0.29, 0.717) is 15.5 Å². The molecule has 7 heteroatoms. The van der Waals surface area contributed by atoms with Crippen LogP contribution >= 0.6 is 22.9 Å². The average molecular weight is 339 g/mol. The summed E-state index contributed by atoms with van der Waals surface area (Å²) in [4.78, 5) is 23.9. The number of amides is 2. The molecule has 0 saturated carbocycles. The highest BCUT2D eigenvalue weighted by molar-refractivity contribution is 7.12. The van der Waals surface area contributed by atoms with Gasteiger partial charge in [-0.15, -0.1) is 11.3 Å². The van der Waals surface area contributed by atoms with Gasteiger partial charge in [0.15, 0.2) is 0 Å². The minimum absolute atomic E-state index is 0.0252. The minimum atomic E-state index is -0.898. The first-order valence-corrected chi connectivity index (χ1v) is 7.84. The van der Waals surface area contributed by atoms with Gasteiger partial charge in [0.25, 0.3) is 5.91 Å². The van der Waals surface area contributed by atoms with E-state index in [4.69, 9.17) is 11.6 Å². The third-order valence-corrected chi connectivity index (χ3v) is 4.12. The molecule has 1 aromatic carbocycles. The molecule has 2 amide bonds. The van der Waals surface area contributed by atoms with Crippen LogP contribution in [0.1, 0.15) is 21.3 Å². The second-order valence-electron chi connectivity index (χ2n) is 4.50. The van der Waals surface area contributed by atoms with Gasteiger partial charge in [-0.2, -0.15) is 0 Å². The maximum Gasteiger partial charge on any atom is 0.261 e. The van der Waals surface area contributed by atoms with Crippen LogP contribution in [0.3, 0.4) is 0 Å². The lowest BCUT2D eigenvalue weighted by molar-refractivity contribution is -0.120. The third kappa shape index (κ3) is 4.56. The average Bonchev–Trinajstić information content (AvgIpc) is 3.05. The molecule has 0 saturated heterocycles. The van der Waals surface area contributed by atoms with Gasteiger partial charge in [-0.25, -0.2) is 0 Å². The van der Waals surface area contributed by atoms with Crippen molar-refractivity contribution in [3.8, 4) is 0 Å². The Balaban J connectivity index is 1.76. The zero-order valence-electron chi connectivity index (χ0n) is 11.6. The van der Waals surface area contributed by atoms with Crippen molar-refractivity contribution in [3.63, 3.8) is 0 Å². The summed E-state index contributed by atoms with van der Waals surface area (Å²) in [5, 5.41) is 17.3. The van der Waals surface area contributed by atoms with E-state index < -0.39 is 6.10 Å². The number of aliphatic hydroxyl groups excluding tert-OH is 1. The van der Waals surface area contributed by atoms with E-state index in [9.17, 15) is 14.7 Å². The molecule has 2 aromatic rings. The highest BCUT2D eigenvalue weighted by atomic mass is 35.5. The number of aliphatic hydroxyl groups is 1. The number of benzene rings is 1. The summed E-state index contributed by atoms with van der Waals surface area (Å²) < 4.78 is 0. The SMILES string of the molecule is O=C(CNC(=O)c1cccs1)NCC(O)c1ccccc1Cl. The quantitative estimate of drug-likeness (QED) is 0.753. The molecule has 3 N–H and O–H groups in total. The molecule has 0 aliphatic heterocycles. The molecule has 0 radical (unpaired) electrons. The fourth-order valence-corrected chi connectivity index (χ4v) is 2.69. The van der Waals surface area contributed by atoms with E-state index in [1.54, 1.807) is 41.8 Å². The predicted molar refractivity (Wildman–Crippen MR) is 86.1 cm³/mol. The van der Waals surface area contributed by atoms with Crippen LogP contribution in [0.25, 0.3) is 0 Å². The largest absolute Gasteiger partial charge is 0.387 e. The first-order chi connectivity index (χ1) is 10.6. The molecule has 1 unspecified atom stereocenters. The first-order valence-electron chi connectivity index (χ1n) is 6.59. The summed E-state index contributed by atoms with van der Waals surface area (Å²) in [7, 11) is 0. The number of thiophene rings is 1. The second-order valence-corrected chi connectivity index (χ2v) is 5.86. The predicted octanol–water partition coefficient (Wildman–Crippen LogP) is 1.98. The van der Waals surface area contributed by atoms with E-state index in [2.05, 4.69) is 10.6 Å². The Morgan fingerprint density at radius 2 is 1.95 bits per heavy atom. The summed E-state index contributed by atoms with van der Waals surface area (Å²) in [6, 6.07) is 10.3. The lowest BCUT2D eigenvalue weighted by Gasteiger charge is -2.13. The maximum atomic E-state index is 11.7. The van der Waals surface area contributed by atoms with Gasteiger partial charge in [0.2, 0.25) is 5.91 Å². The molecule has 5 nitrogen and oxygen atoms in total. The topological polar surface area (TPSA) is 78.4 Å². The molecular weight excluding hydrogens is 324 g/mol. The lowest BCUT2D eigenvalue weighted by Crippen LogP contribution is -2.38. The van der Waals surface area contributed by atoms with Crippen molar-refractivity contribution in [1.82, 2.24) is 10.6 Å². The fourth-order valence-electron chi connectivity index (χ4n) is 1.78. The minimum Gasteiger partial charge on any atom is -0.387 e. The first kappa shape index (κ1) is 16.5. The van der Waals surface area contributed by atoms with Gasteiger partial charge in [-0.1, -0.05) is 35.9 Å². The number of hydrogen-bond acceptors (Lipinski definition) is 4. The Morgan fingerprint density at radius 3 is 2.64 bits per heavy atom. The highest BCUT2D eigenvalue weighted by Crippen LogP contribution is 2.21. The van der Waals surface area contributed by atoms with Crippen LogP contribution in [0.4, 0.5) is 0 Å². The molecule has 0 bridgehead atoms. The molecule has 0 spiro atoms. The van der Waals surface area contributed by atoms with Crippen molar-refractivity contribution < 1.29 is 14.7 Å². The molecule has 1 atom stereocenters. The van der Waals surface area contributed by atoms with Gasteiger partial charge < -0.3 is 15.7 Å². The van der Waals surface area contributed by atoms with Crippen molar-refractivity contribution in [2.45, 2.75) is 6.10 Å². The Kier molecular flexibility index (Phi) is 5.94. The summed E-state index contributed by atoms with van der Waals surface area (Å²) in [6.45, 7) is -0.122. The van der Waals surface area contributed by atoms with Crippen LogP contribution in [-0.4, -0.2) is 30.0 Å². The second kappa shape index (κ2) is 7.93. The maximum absolute atomic E-state index is 11.7. The fraction of sp³-hybridized carbons (Fsp3) is 0.200. The summed E-state index contributed by atoms with van der Waals surface area (Å²) in [6.07, 6.45) is -0.898. The van der Waals surface area contributed by atoms with E-state index in [1.807, 2.05) is 0 Å². The van der Waals surface area contributed by atoms with E-state index >= 15 is 0 Å². The Hall–Kier alpha value is -1.89. The Labute approximate surface area is 136 Å². The van der Waals surface area contributed by atoms with Gasteiger partial charge in [0, 0.05) is 17.1 Å². The molecule has 1 aromatic heterocycles. The molecular formula is C15H15ClN2O3S. The molecule has 116 valence electrons. The van der Waals surface area contributed by atoms with Gasteiger partial charge in [-0.3, -0.25) is 9.59 Å². The van der Waals surface area contributed by atoms with Crippen LogP contribution in [0.5, 0.6) is 0 Å². The zero-order chi connectivity index (χ0) is 15.9. The molecule has 0 aliphatic carbocycles. The Morgan fingerprint density at radius 1 is 1.18 bits per heavy atom. The summed E-state index contributed by atoms with van der Waals surface area (Å²) in [5.74, 6) is -0.673. The lowest BCUT2D eigenvalue weighted by atomic mass is 10.1. The van der Waals surface area contributed by atoms with Gasteiger partial charge >= 0.3 is 0 Å². The van der Waals surface area contributed by atoms with Crippen LogP contribution in [0, 0.1) is 0 Å². The van der Waals surface area contributed by atoms with Crippen molar-refractivity contribution in [1.29, 1.82) is 0 Å². The summed E-state index contributed by atoms with van der Waals surface area (Å²) in [5.41, 5.74) is 0.548. The number of carbonyl (C=O) groups excluding carboxylic acids is 2. The normalized spacial score (nSPS) is 11.7. The molecule has 22 heavy (non-hydrogen) atoms. The zero-order valence-corrected chi connectivity index (χ0v) is 13.2. The standard InChI is InChI=1S/C15H15ClN2O3S/c16-11-5-2-1-4-10(11)12(19)8-17-14(20)9-18-15(21)13-6-3-7-22-13/h1-7,12,19H,8-9H2,(H,17,20)(H,18,21). The number of nitrogens with one attached hydrogen (secondary N) is 2. The van der Waals surface area contributed by atoms with Crippen molar-refractivity contribution in [2.75, 3.05) is 13.1 Å². The smallest absolute Gasteiger partial charge is 0.261 e. The molecule has 0 aliphatic rings. The molecule has 0 fully saturated rings. The van der Waals surface area contributed by atoms with Gasteiger partial charge in [0.05, 0.1) is 17.5 Å². The monoisotopic (exact) mass is 338 g/mol. The van der Waals surface area contributed by atoms with E-state index in [1.165, 1.54) is 11.3 Å². The van der Waals surface area contributed by atoms with E-state index in [0.717, 1.165) is 0 Å². The van der Waals surface area contributed by atoms with Crippen LogP contribution in [-0.2, 0) is 4.79 Å². The van der Waals surface area contributed by atoms with Crippen molar-refractivity contribution in [2.24, 2.45) is 0 Å². The van der Waals surface area contributed by atoms with Crippen molar-refractivity contribution in [3.05, 3.63) is 57.2 Å². The van der Waals surface area contributed by atoms with Crippen LogP contribution in [0.2, 0.25) is 5.02 Å². The van der Waals surface area contributed by atoms with Crippen LogP contribution < -0.4 is 10.6 Å². The van der Waals surface area contributed by atoms with Crippen LogP contribution in [0.15, 0.2) is 41.8 Å².